The van der Waals surface area contributed by atoms with Gasteiger partial charge in [0, 0.05) is 18.7 Å². The number of amides is 1. The summed E-state index contributed by atoms with van der Waals surface area (Å²) in [5.41, 5.74) is 7.24. The SMILES string of the molecule is COc1cc(-c2cnc(N(C)C3CCNCC3)cn2)ccc1C(N)=O.O=C(O)C(F)(F)F. The van der Waals surface area contributed by atoms with Crippen LogP contribution in [0, 0.1) is 0 Å². The number of carboxylic acids is 1. The monoisotopic (exact) mass is 455 g/mol. The van der Waals surface area contributed by atoms with E-state index in [0.29, 0.717) is 17.4 Å². The maximum Gasteiger partial charge on any atom is 0.490 e. The van der Waals surface area contributed by atoms with Gasteiger partial charge in [0.2, 0.25) is 0 Å². The first-order valence-corrected chi connectivity index (χ1v) is 9.58. The molecule has 0 saturated carbocycles. The average molecular weight is 455 g/mol. The van der Waals surface area contributed by atoms with E-state index in [1.54, 1.807) is 30.6 Å². The topological polar surface area (TPSA) is 131 Å². The Morgan fingerprint density at radius 2 is 1.84 bits per heavy atom. The molecule has 4 N–H and O–H groups in total. The predicted molar refractivity (Wildman–Crippen MR) is 111 cm³/mol. The lowest BCUT2D eigenvalue weighted by Gasteiger charge is -2.32. The van der Waals surface area contributed by atoms with Gasteiger partial charge in [-0.1, -0.05) is 6.07 Å². The Morgan fingerprint density at radius 3 is 2.31 bits per heavy atom. The van der Waals surface area contributed by atoms with Crippen molar-refractivity contribution in [2.75, 3.05) is 32.1 Å². The first-order chi connectivity index (χ1) is 15.0. The molecule has 0 aliphatic carbocycles. The van der Waals surface area contributed by atoms with E-state index in [-0.39, 0.29) is 0 Å². The van der Waals surface area contributed by atoms with Crippen molar-refractivity contribution in [1.82, 2.24) is 15.3 Å². The number of alkyl halides is 3. The number of primary amides is 1. The van der Waals surface area contributed by atoms with Crippen LogP contribution in [-0.2, 0) is 4.79 Å². The normalized spacial score (nSPS) is 14.2. The van der Waals surface area contributed by atoms with Crippen LogP contribution in [0.1, 0.15) is 23.2 Å². The molecule has 12 heteroatoms. The van der Waals surface area contributed by atoms with Crippen LogP contribution in [-0.4, -0.2) is 66.4 Å². The van der Waals surface area contributed by atoms with Crippen LogP contribution in [0.15, 0.2) is 30.6 Å². The lowest BCUT2D eigenvalue weighted by molar-refractivity contribution is -0.192. The summed E-state index contributed by atoms with van der Waals surface area (Å²) < 4.78 is 37.0. The standard InChI is InChI=1S/C18H23N5O2.C2HF3O2/c1-23(13-5-7-20-8-6-13)17-11-21-15(10-22-17)12-3-4-14(18(19)24)16(9-12)25-2;3-2(4,5)1(6)7/h3-4,9-11,13,20H,5-8H2,1-2H3,(H2,19,24);(H,6,7). The third kappa shape index (κ3) is 6.54. The number of aliphatic carboxylic acids is 1. The minimum absolute atomic E-state index is 0.349. The molecular weight excluding hydrogens is 431 g/mol. The van der Waals surface area contributed by atoms with Crippen molar-refractivity contribution in [3.8, 4) is 17.0 Å². The highest BCUT2D eigenvalue weighted by Crippen LogP contribution is 2.26. The molecule has 2 aromatic rings. The molecule has 1 amide bonds. The highest BCUT2D eigenvalue weighted by atomic mass is 19.4. The Morgan fingerprint density at radius 1 is 1.22 bits per heavy atom. The van der Waals surface area contributed by atoms with Gasteiger partial charge in [-0.2, -0.15) is 13.2 Å². The molecule has 0 atom stereocenters. The van der Waals surface area contributed by atoms with Gasteiger partial charge in [-0.05, 0) is 38.1 Å². The molecule has 2 heterocycles. The van der Waals surface area contributed by atoms with E-state index in [2.05, 4.69) is 27.2 Å². The molecule has 3 rings (SSSR count). The number of rotatable bonds is 5. The molecule has 1 aliphatic heterocycles. The molecule has 1 aliphatic rings. The first-order valence-electron chi connectivity index (χ1n) is 9.58. The Hall–Kier alpha value is -3.41. The number of nitrogens with one attached hydrogen (secondary N) is 1. The minimum atomic E-state index is -5.08. The molecule has 9 nitrogen and oxygen atoms in total. The summed E-state index contributed by atoms with van der Waals surface area (Å²) in [4.78, 5) is 31.6. The zero-order chi connectivity index (χ0) is 23.9. The van der Waals surface area contributed by atoms with Crippen LogP contribution < -0.4 is 20.7 Å². The van der Waals surface area contributed by atoms with Crippen LogP contribution in [0.5, 0.6) is 5.75 Å². The largest absolute Gasteiger partial charge is 0.496 e. The van der Waals surface area contributed by atoms with Gasteiger partial charge in [0.1, 0.15) is 11.6 Å². The molecule has 1 aromatic carbocycles. The van der Waals surface area contributed by atoms with Crippen molar-refractivity contribution in [3.05, 3.63) is 36.2 Å². The second-order valence-electron chi connectivity index (χ2n) is 6.93. The summed E-state index contributed by atoms with van der Waals surface area (Å²) in [6, 6.07) is 5.67. The molecule has 1 fully saturated rings. The van der Waals surface area contributed by atoms with E-state index in [1.165, 1.54) is 7.11 Å². The van der Waals surface area contributed by atoms with Gasteiger partial charge in [-0.15, -0.1) is 0 Å². The number of piperidine rings is 1. The second kappa shape index (κ2) is 10.8. The number of halogens is 3. The molecule has 0 unspecified atom stereocenters. The molecule has 1 saturated heterocycles. The quantitative estimate of drug-likeness (QED) is 0.625. The van der Waals surface area contributed by atoms with Crippen LogP contribution in [0.3, 0.4) is 0 Å². The first kappa shape index (κ1) is 24.9. The number of benzene rings is 1. The Kier molecular flexibility index (Phi) is 8.35. The number of ether oxygens (including phenoxy) is 1. The van der Waals surface area contributed by atoms with Crippen LogP contribution >= 0.6 is 0 Å². The third-order valence-corrected chi connectivity index (χ3v) is 4.86. The zero-order valence-electron chi connectivity index (χ0n) is 17.5. The Labute approximate surface area is 182 Å². The Bertz CT molecular complexity index is 932. The van der Waals surface area contributed by atoms with E-state index in [9.17, 15) is 18.0 Å². The van der Waals surface area contributed by atoms with E-state index >= 15 is 0 Å². The van der Waals surface area contributed by atoms with Crippen LogP contribution in [0.25, 0.3) is 11.3 Å². The lowest BCUT2D eigenvalue weighted by atomic mass is 10.1. The number of carboxylic acid groups (broad SMARTS) is 1. The molecule has 174 valence electrons. The minimum Gasteiger partial charge on any atom is -0.496 e. The smallest absolute Gasteiger partial charge is 0.490 e. The van der Waals surface area contributed by atoms with Gasteiger partial charge in [0.05, 0.1) is 30.8 Å². The maximum atomic E-state index is 11.4. The molecule has 0 spiro atoms. The summed E-state index contributed by atoms with van der Waals surface area (Å²) in [6.45, 7) is 2.07. The summed E-state index contributed by atoms with van der Waals surface area (Å²) in [5.74, 6) is -1.99. The van der Waals surface area contributed by atoms with Gasteiger partial charge < -0.3 is 25.8 Å². The summed E-state index contributed by atoms with van der Waals surface area (Å²) in [7, 11) is 3.57. The van der Waals surface area contributed by atoms with Crippen molar-refractivity contribution < 1.29 is 32.6 Å². The van der Waals surface area contributed by atoms with Gasteiger partial charge in [-0.25, -0.2) is 9.78 Å². The fourth-order valence-corrected chi connectivity index (χ4v) is 3.09. The maximum absolute atomic E-state index is 11.4. The van der Waals surface area contributed by atoms with E-state index in [4.69, 9.17) is 20.4 Å². The molecule has 1 aromatic heterocycles. The summed E-state index contributed by atoms with van der Waals surface area (Å²) in [6.07, 6.45) is 0.648. The van der Waals surface area contributed by atoms with E-state index in [0.717, 1.165) is 43.0 Å². The zero-order valence-corrected chi connectivity index (χ0v) is 17.5. The van der Waals surface area contributed by atoms with Gasteiger partial charge in [0.25, 0.3) is 5.91 Å². The number of aromatic nitrogens is 2. The third-order valence-electron chi connectivity index (χ3n) is 4.86. The summed E-state index contributed by atoms with van der Waals surface area (Å²) >= 11 is 0. The lowest BCUT2D eigenvalue weighted by Crippen LogP contribution is -2.41. The molecule has 0 radical (unpaired) electrons. The van der Waals surface area contributed by atoms with Crippen molar-refractivity contribution >= 4 is 17.7 Å². The van der Waals surface area contributed by atoms with E-state index < -0.39 is 18.1 Å². The van der Waals surface area contributed by atoms with Crippen LogP contribution in [0.2, 0.25) is 0 Å². The number of nitrogens with zero attached hydrogens (tertiary/aromatic N) is 3. The number of hydrogen-bond acceptors (Lipinski definition) is 7. The van der Waals surface area contributed by atoms with Crippen molar-refractivity contribution in [1.29, 1.82) is 0 Å². The number of anilines is 1. The number of hydrogen-bond donors (Lipinski definition) is 3. The van der Waals surface area contributed by atoms with Crippen LogP contribution in [0.4, 0.5) is 19.0 Å². The fourth-order valence-electron chi connectivity index (χ4n) is 3.09. The number of nitrogens with two attached hydrogens (primary N) is 1. The fraction of sp³-hybridized carbons (Fsp3) is 0.400. The summed E-state index contributed by atoms with van der Waals surface area (Å²) in [5, 5.41) is 10.5. The number of carbonyl (C=O) groups excluding carboxylic acids is 1. The average Bonchev–Trinajstić information content (AvgIpc) is 2.78. The van der Waals surface area contributed by atoms with Crippen molar-refractivity contribution in [2.45, 2.75) is 25.1 Å². The van der Waals surface area contributed by atoms with Gasteiger partial charge in [-0.3, -0.25) is 9.78 Å². The molecule has 32 heavy (non-hydrogen) atoms. The van der Waals surface area contributed by atoms with Gasteiger partial charge >= 0.3 is 12.1 Å². The van der Waals surface area contributed by atoms with E-state index in [1.807, 2.05) is 0 Å². The number of carbonyl (C=O) groups is 2. The van der Waals surface area contributed by atoms with Gasteiger partial charge in [0.15, 0.2) is 0 Å². The van der Waals surface area contributed by atoms with Crippen molar-refractivity contribution in [3.63, 3.8) is 0 Å². The Balaban J connectivity index is 0.000000451. The number of methoxy groups -OCH3 is 1. The highest BCUT2D eigenvalue weighted by Gasteiger charge is 2.38. The highest BCUT2D eigenvalue weighted by molar-refractivity contribution is 5.96. The molecular formula is C20H24F3N5O4. The molecule has 0 bridgehead atoms. The second-order valence-corrected chi connectivity index (χ2v) is 6.93. The van der Waals surface area contributed by atoms with Crippen molar-refractivity contribution in [2.24, 2.45) is 5.73 Å². The predicted octanol–water partition coefficient (Wildman–Crippen LogP) is 2.07.